The first-order chi connectivity index (χ1) is 15.2. The van der Waals surface area contributed by atoms with Crippen molar-refractivity contribution < 1.29 is 24.1 Å². The van der Waals surface area contributed by atoms with Crippen molar-refractivity contribution in [1.82, 2.24) is 4.57 Å². The fourth-order valence-corrected chi connectivity index (χ4v) is 3.91. The molecule has 0 aliphatic carbocycles. The minimum atomic E-state index is -1.36. The SMILES string of the molecule is CC[C@H](CO)n1cc(C(=O)O)c(=O)c2cc(Cc3cccc(Cl)c3F)cc(OC(C)C)c21. The van der Waals surface area contributed by atoms with E-state index in [2.05, 4.69) is 0 Å². The van der Waals surface area contributed by atoms with Gasteiger partial charge in [-0.25, -0.2) is 9.18 Å². The number of nitrogens with zero attached hydrogens (tertiary/aromatic N) is 1. The highest BCUT2D eigenvalue weighted by atomic mass is 35.5. The van der Waals surface area contributed by atoms with Crippen LogP contribution in [0.3, 0.4) is 0 Å². The summed E-state index contributed by atoms with van der Waals surface area (Å²) in [5, 5.41) is 19.6. The number of fused-ring (bicyclic) bond motifs is 1. The first-order valence-electron chi connectivity index (χ1n) is 10.3. The Morgan fingerprint density at radius 2 is 2.00 bits per heavy atom. The minimum absolute atomic E-state index is 0.00815. The van der Waals surface area contributed by atoms with Gasteiger partial charge < -0.3 is 19.5 Å². The van der Waals surface area contributed by atoms with E-state index in [1.54, 1.807) is 28.8 Å². The van der Waals surface area contributed by atoms with Crippen LogP contribution in [0.2, 0.25) is 5.02 Å². The molecule has 0 aliphatic rings. The Balaban J connectivity index is 2.35. The van der Waals surface area contributed by atoms with Crippen LogP contribution >= 0.6 is 11.6 Å². The monoisotopic (exact) mass is 461 g/mol. The average Bonchev–Trinajstić information content (AvgIpc) is 2.73. The molecule has 8 heteroatoms. The molecule has 0 unspecified atom stereocenters. The van der Waals surface area contributed by atoms with Crippen LogP contribution in [-0.2, 0) is 6.42 Å². The number of rotatable bonds is 8. The molecule has 1 atom stereocenters. The number of hydrogen-bond acceptors (Lipinski definition) is 4. The molecule has 0 spiro atoms. The van der Waals surface area contributed by atoms with Gasteiger partial charge in [-0.05, 0) is 49.6 Å². The molecule has 6 nitrogen and oxygen atoms in total. The Labute approximate surface area is 189 Å². The molecular formula is C24H25ClFNO5. The highest BCUT2D eigenvalue weighted by Gasteiger charge is 2.22. The molecule has 0 amide bonds. The van der Waals surface area contributed by atoms with E-state index in [9.17, 15) is 24.2 Å². The van der Waals surface area contributed by atoms with Crippen LogP contribution in [0, 0.1) is 5.82 Å². The van der Waals surface area contributed by atoms with Gasteiger partial charge >= 0.3 is 5.97 Å². The molecule has 0 saturated carbocycles. The van der Waals surface area contributed by atoms with Crippen molar-refractivity contribution >= 4 is 28.5 Å². The van der Waals surface area contributed by atoms with E-state index in [-0.39, 0.29) is 29.5 Å². The van der Waals surface area contributed by atoms with Gasteiger partial charge in [0.25, 0.3) is 0 Å². The second kappa shape index (κ2) is 9.71. The summed E-state index contributed by atoms with van der Waals surface area (Å²) in [6.07, 6.45) is 1.64. The van der Waals surface area contributed by atoms with E-state index in [1.165, 1.54) is 12.3 Å². The van der Waals surface area contributed by atoms with Crippen LogP contribution in [0.5, 0.6) is 5.75 Å². The van der Waals surface area contributed by atoms with Crippen molar-refractivity contribution in [2.24, 2.45) is 0 Å². The molecule has 170 valence electrons. The Hall–Kier alpha value is -2.90. The third-order valence-electron chi connectivity index (χ3n) is 5.24. The number of carboxylic acids is 1. The summed E-state index contributed by atoms with van der Waals surface area (Å²) >= 11 is 5.90. The lowest BCUT2D eigenvalue weighted by molar-refractivity contribution is 0.0694. The number of carbonyl (C=O) groups is 1. The first kappa shape index (κ1) is 23.8. The fraction of sp³-hybridized carbons (Fsp3) is 0.333. The number of carboxylic acid groups (broad SMARTS) is 1. The molecule has 1 heterocycles. The smallest absolute Gasteiger partial charge is 0.341 e. The largest absolute Gasteiger partial charge is 0.489 e. The van der Waals surface area contributed by atoms with Gasteiger partial charge in [-0.2, -0.15) is 0 Å². The maximum absolute atomic E-state index is 14.5. The summed E-state index contributed by atoms with van der Waals surface area (Å²) in [5.41, 5.74) is 0.218. The third-order valence-corrected chi connectivity index (χ3v) is 5.54. The number of hydrogen-bond donors (Lipinski definition) is 2. The molecular weight excluding hydrogens is 437 g/mol. The standard InChI is InChI=1S/C24H25ClFNO5/c1-4-16(12-28)27-11-18(24(30)31)23(29)17-9-14(10-20(22(17)27)32-13(2)3)8-15-6-5-7-19(25)21(15)26/h5-7,9-11,13,16,28H,4,8,12H2,1-3H3,(H,30,31)/t16-/m1/s1. The van der Waals surface area contributed by atoms with E-state index >= 15 is 0 Å². The molecule has 0 fully saturated rings. The molecule has 2 aromatic carbocycles. The van der Waals surface area contributed by atoms with Gasteiger partial charge in [0.2, 0.25) is 5.43 Å². The molecule has 0 bridgehead atoms. The number of benzene rings is 2. The Morgan fingerprint density at radius 1 is 1.28 bits per heavy atom. The normalized spacial score (nSPS) is 12.3. The van der Waals surface area contributed by atoms with Crippen LogP contribution in [0.25, 0.3) is 10.9 Å². The Bertz CT molecular complexity index is 1220. The zero-order valence-corrected chi connectivity index (χ0v) is 18.8. The van der Waals surface area contributed by atoms with E-state index < -0.39 is 28.8 Å². The fourth-order valence-electron chi connectivity index (χ4n) is 3.72. The van der Waals surface area contributed by atoms with E-state index in [0.29, 0.717) is 28.8 Å². The van der Waals surface area contributed by atoms with Gasteiger partial charge in [-0.1, -0.05) is 30.7 Å². The van der Waals surface area contributed by atoms with Crippen molar-refractivity contribution in [3.05, 3.63) is 74.3 Å². The van der Waals surface area contributed by atoms with Gasteiger partial charge in [0, 0.05) is 12.6 Å². The summed E-state index contributed by atoms with van der Waals surface area (Å²) in [6.45, 7) is 5.26. The van der Waals surface area contributed by atoms with Crippen molar-refractivity contribution in [3.63, 3.8) is 0 Å². The summed E-state index contributed by atoms with van der Waals surface area (Å²) in [5.74, 6) is -1.56. The number of pyridine rings is 1. The Kier molecular flexibility index (Phi) is 7.21. The molecule has 1 aromatic heterocycles. The number of aliphatic hydroxyl groups excluding tert-OH is 1. The van der Waals surface area contributed by atoms with Gasteiger partial charge in [0.1, 0.15) is 17.1 Å². The lowest BCUT2D eigenvalue weighted by Gasteiger charge is -2.23. The van der Waals surface area contributed by atoms with Gasteiger partial charge in [0.15, 0.2) is 0 Å². The number of ether oxygens (including phenoxy) is 1. The number of aliphatic hydroxyl groups is 1. The predicted octanol–water partition coefficient (Wildman–Crippen LogP) is 4.81. The maximum Gasteiger partial charge on any atom is 0.341 e. The summed E-state index contributed by atoms with van der Waals surface area (Å²) < 4.78 is 22.1. The van der Waals surface area contributed by atoms with Gasteiger partial charge in [0.05, 0.1) is 34.7 Å². The topological polar surface area (TPSA) is 88.8 Å². The van der Waals surface area contributed by atoms with Crippen LogP contribution < -0.4 is 10.2 Å². The van der Waals surface area contributed by atoms with Crippen LogP contribution in [0.15, 0.2) is 41.3 Å². The maximum atomic E-state index is 14.5. The molecule has 0 saturated heterocycles. The molecule has 32 heavy (non-hydrogen) atoms. The van der Waals surface area contributed by atoms with Gasteiger partial charge in [-0.15, -0.1) is 0 Å². The number of aromatic nitrogens is 1. The molecule has 0 radical (unpaired) electrons. The predicted molar refractivity (Wildman–Crippen MR) is 122 cm³/mol. The van der Waals surface area contributed by atoms with Crippen LogP contribution in [0.4, 0.5) is 4.39 Å². The van der Waals surface area contributed by atoms with Crippen LogP contribution in [-0.4, -0.2) is 33.5 Å². The minimum Gasteiger partial charge on any atom is -0.489 e. The highest BCUT2D eigenvalue weighted by Crippen LogP contribution is 2.32. The quantitative estimate of drug-likeness (QED) is 0.502. The highest BCUT2D eigenvalue weighted by molar-refractivity contribution is 6.30. The van der Waals surface area contributed by atoms with E-state index in [4.69, 9.17) is 16.3 Å². The lowest BCUT2D eigenvalue weighted by Crippen LogP contribution is -2.23. The molecule has 3 rings (SSSR count). The zero-order chi connectivity index (χ0) is 23.6. The third kappa shape index (κ3) is 4.64. The second-order valence-corrected chi connectivity index (χ2v) is 8.28. The average molecular weight is 462 g/mol. The van der Waals surface area contributed by atoms with Gasteiger partial charge in [-0.3, -0.25) is 4.79 Å². The Morgan fingerprint density at radius 3 is 2.59 bits per heavy atom. The first-order valence-corrected chi connectivity index (χ1v) is 10.7. The van der Waals surface area contributed by atoms with Crippen molar-refractivity contribution in [3.8, 4) is 5.75 Å². The van der Waals surface area contributed by atoms with Crippen molar-refractivity contribution in [2.45, 2.75) is 45.8 Å². The molecule has 0 aliphatic heterocycles. The zero-order valence-electron chi connectivity index (χ0n) is 18.1. The second-order valence-electron chi connectivity index (χ2n) is 7.88. The summed E-state index contributed by atoms with van der Waals surface area (Å²) in [7, 11) is 0. The van der Waals surface area contributed by atoms with Crippen molar-refractivity contribution in [1.29, 1.82) is 0 Å². The van der Waals surface area contributed by atoms with E-state index in [0.717, 1.165) is 0 Å². The number of halogens is 2. The molecule has 3 aromatic rings. The van der Waals surface area contributed by atoms with Crippen LogP contribution in [0.1, 0.15) is 54.7 Å². The summed E-state index contributed by atoms with van der Waals surface area (Å²) in [4.78, 5) is 24.8. The van der Waals surface area contributed by atoms with E-state index in [1.807, 2.05) is 20.8 Å². The van der Waals surface area contributed by atoms with Crippen molar-refractivity contribution in [2.75, 3.05) is 6.61 Å². The molecule has 2 N–H and O–H groups in total. The summed E-state index contributed by atoms with van der Waals surface area (Å²) in [6, 6.07) is 7.49. The number of aromatic carboxylic acids is 1. The lowest BCUT2D eigenvalue weighted by atomic mass is 10.00.